The van der Waals surface area contributed by atoms with Gasteiger partial charge in [-0.3, -0.25) is 0 Å². The summed E-state index contributed by atoms with van der Waals surface area (Å²) in [5.41, 5.74) is 4.22. The van der Waals surface area contributed by atoms with E-state index in [2.05, 4.69) is 16.0 Å². The van der Waals surface area contributed by atoms with E-state index in [1.54, 1.807) is 6.20 Å². The summed E-state index contributed by atoms with van der Waals surface area (Å²) in [6.07, 6.45) is 6.59. The number of rotatable bonds is 0. The van der Waals surface area contributed by atoms with Gasteiger partial charge in [-0.05, 0) is 0 Å². The molecule has 2 aliphatic rings. The molecule has 0 fully saturated rings. The summed E-state index contributed by atoms with van der Waals surface area (Å²) in [5, 5.41) is 2.98. The highest BCUT2D eigenvalue weighted by Gasteiger charge is 2.08. The van der Waals surface area contributed by atoms with Crippen molar-refractivity contribution >= 4 is 5.84 Å². The molecule has 0 aromatic rings. The first-order valence-corrected chi connectivity index (χ1v) is 2.90. The third-order valence-corrected chi connectivity index (χ3v) is 1.37. The molecule has 0 aliphatic carbocycles. The van der Waals surface area contributed by atoms with Crippen LogP contribution in [0.15, 0.2) is 34.8 Å². The average Bonchev–Trinajstić information content (AvgIpc) is 2.33. The molecule has 2 heteroatoms. The van der Waals surface area contributed by atoms with E-state index in [9.17, 15) is 0 Å². The summed E-state index contributed by atoms with van der Waals surface area (Å²) in [4.78, 5) is 4.09. The predicted molar refractivity (Wildman–Crippen MR) is 35.9 cm³/mol. The zero-order chi connectivity index (χ0) is 6.10. The molecule has 2 rings (SSSR count). The van der Waals surface area contributed by atoms with Crippen LogP contribution >= 0.6 is 0 Å². The zero-order valence-electron chi connectivity index (χ0n) is 4.89. The Balaban J connectivity index is 2.46. The molecule has 0 unspecified atom stereocenters. The fourth-order valence-corrected chi connectivity index (χ4v) is 0.916. The fraction of sp³-hybridized carbons (Fsp3) is 0.143. The third kappa shape index (κ3) is 0.609. The molecule has 0 amide bonds. The summed E-state index contributed by atoms with van der Waals surface area (Å²) >= 11 is 0. The van der Waals surface area contributed by atoms with Crippen molar-refractivity contribution in [3.05, 3.63) is 29.8 Å². The summed E-state index contributed by atoms with van der Waals surface area (Å²) in [7, 11) is 0. The van der Waals surface area contributed by atoms with Crippen molar-refractivity contribution in [1.29, 1.82) is 0 Å². The van der Waals surface area contributed by atoms with Crippen LogP contribution in [-0.2, 0) is 0 Å². The van der Waals surface area contributed by atoms with Crippen LogP contribution < -0.4 is 5.32 Å². The standard InChI is InChI=1S/C7H6N2/c1-2-6-3-5-9-7(6)8-4-1/h1,4-5H,2H2,(H,8,9). The van der Waals surface area contributed by atoms with Crippen LogP contribution in [0.25, 0.3) is 0 Å². The van der Waals surface area contributed by atoms with Gasteiger partial charge in [-0.25, -0.2) is 4.99 Å². The Morgan fingerprint density at radius 3 is 3.56 bits per heavy atom. The van der Waals surface area contributed by atoms with E-state index in [0.29, 0.717) is 0 Å². The number of nitrogens with one attached hydrogen (secondary N) is 1. The SMILES string of the molecule is C1=CNC2=NC=CCC=12. The second-order valence-electron chi connectivity index (χ2n) is 1.98. The summed E-state index contributed by atoms with van der Waals surface area (Å²) < 4.78 is 0. The van der Waals surface area contributed by atoms with E-state index in [1.165, 1.54) is 0 Å². The monoisotopic (exact) mass is 118 g/mol. The summed E-state index contributed by atoms with van der Waals surface area (Å²) in [6.45, 7) is 0. The number of nitrogens with zero attached hydrogens (tertiary/aromatic N) is 1. The molecule has 2 aliphatic heterocycles. The maximum Gasteiger partial charge on any atom is 0.141 e. The van der Waals surface area contributed by atoms with Crippen LogP contribution in [0.4, 0.5) is 0 Å². The van der Waals surface area contributed by atoms with Gasteiger partial charge in [-0.15, -0.1) is 0 Å². The van der Waals surface area contributed by atoms with Crippen molar-refractivity contribution in [1.82, 2.24) is 5.32 Å². The van der Waals surface area contributed by atoms with E-state index in [4.69, 9.17) is 0 Å². The van der Waals surface area contributed by atoms with Crippen LogP contribution in [0.3, 0.4) is 0 Å². The maximum absolute atomic E-state index is 4.09. The van der Waals surface area contributed by atoms with Gasteiger partial charge in [-0.2, -0.15) is 0 Å². The Labute approximate surface area is 53.3 Å². The van der Waals surface area contributed by atoms with Gasteiger partial charge in [-0.1, -0.05) is 11.8 Å². The van der Waals surface area contributed by atoms with Crippen molar-refractivity contribution in [2.75, 3.05) is 0 Å². The molecule has 0 radical (unpaired) electrons. The van der Waals surface area contributed by atoms with Crippen molar-refractivity contribution in [3.63, 3.8) is 0 Å². The van der Waals surface area contributed by atoms with Crippen molar-refractivity contribution in [2.45, 2.75) is 6.42 Å². The topological polar surface area (TPSA) is 24.4 Å². The molecular formula is C7H6N2. The van der Waals surface area contributed by atoms with E-state index in [1.807, 2.05) is 12.3 Å². The van der Waals surface area contributed by atoms with Crippen molar-refractivity contribution in [3.8, 4) is 0 Å². The zero-order valence-corrected chi connectivity index (χ0v) is 4.89. The summed E-state index contributed by atoms with van der Waals surface area (Å²) in [5.74, 6) is 0.956. The highest BCUT2D eigenvalue weighted by Crippen LogP contribution is 2.10. The molecule has 44 valence electrons. The van der Waals surface area contributed by atoms with Gasteiger partial charge in [0.25, 0.3) is 0 Å². The lowest BCUT2D eigenvalue weighted by atomic mass is 10.2. The molecule has 0 saturated carbocycles. The Morgan fingerprint density at radius 1 is 1.67 bits per heavy atom. The fourth-order valence-electron chi connectivity index (χ4n) is 0.916. The van der Waals surface area contributed by atoms with Crippen molar-refractivity contribution < 1.29 is 0 Å². The number of hydrogen-bond donors (Lipinski definition) is 1. The first-order valence-electron chi connectivity index (χ1n) is 2.90. The van der Waals surface area contributed by atoms with E-state index in [-0.39, 0.29) is 0 Å². The molecule has 2 nitrogen and oxygen atoms in total. The molecule has 0 spiro atoms. The Kier molecular flexibility index (Phi) is 0.820. The Bertz CT molecular complexity index is 252. The summed E-state index contributed by atoms with van der Waals surface area (Å²) in [6, 6.07) is 0. The maximum atomic E-state index is 4.09. The lowest BCUT2D eigenvalue weighted by Crippen LogP contribution is -2.15. The van der Waals surface area contributed by atoms with Gasteiger partial charge in [0.15, 0.2) is 0 Å². The van der Waals surface area contributed by atoms with Crippen molar-refractivity contribution in [2.24, 2.45) is 4.99 Å². The van der Waals surface area contributed by atoms with E-state index >= 15 is 0 Å². The number of aliphatic imine (C=N–C) groups is 1. The minimum atomic E-state index is 0.956. The van der Waals surface area contributed by atoms with E-state index < -0.39 is 0 Å². The second kappa shape index (κ2) is 1.61. The van der Waals surface area contributed by atoms with Gasteiger partial charge in [0, 0.05) is 24.4 Å². The highest BCUT2D eigenvalue weighted by molar-refractivity contribution is 6.01. The number of fused-ring (bicyclic) bond motifs is 1. The molecular weight excluding hydrogens is 112 g/mol. The molecule has 2 heterocycles. The second-order valence-corrected chi connectivity index (χ2v) is 1.98. The highest BCUT2D eigenvalue weighted by atomic mass is 15.0. The van der Waals surface area contributed by atoms with Gasteiger partial charge >= 0.3 is 0 Å². The number of amidine groups is 1. The van der Waals surface area contributed by atoms with Crippen LogP contribution in [0.2, 0.25) is 0 Å². The Morgan fingerprint density at radius 2 is 2.67 bits per heavy atom. The molecule has 0 aromatic carbocycles. The van der Waals surface area contributed by atoms with Crippen LogP contribution in [0, 0.1) is 0 Å². The lowest BCUT2D eigenvalue weighted by molar-refractivity contribution is 1.20. The number of hydrogen-bond acceptors (Lipinski definition) is 2. The van der Waals surface area contributed by atoms with Gasteiger partial charge in [0.05, 0.1) is 0 Å². The quantitative estimate of drug-likeness (QED) is 0.470. The minimum Gasteiger partial charge on any atom is -0.339 e. The first-order chi connectivity index (χ1) is 4.47. The van der Waals surface area contributed by atoms with Gasteiger partial charge < -0.3 is 5.32 Å². The molecule has 9 heavy (non-hydrogen) atoms. The minimum absolute atomic E-state index is 0.956. The number of allylic oxidation sites excluding steroid dienone is 1. The first kappa shape index (κ1) is 4.59. The van der Waals surface area contributed by atoms with Gasteiger partial charge in [0.2, 0.25) is 0 Å². The molecule has 0 aromatic heterocycles. The molecule has 0 atom stereocenters. The molecule has 0 saturated heterocycles. The normalized spacial score (nSPS) is 20.4. The predicted octanol–water partition coefficient (Wildman–Crippen LogP) is 0.945. The Hall–Kier alpha value is -1.27. The van der Waals surface area contributed by atoms with Crippen LogP contribution in [0.5, 0.6) is 0 Å². The van der Waals surface area contributed by atoms with Crippen LogP contribution in [0.1, 0.15) is 6.42 Å². The smallest absolute Gasteiger partial charge is 0.141 e. The van der Waals surface area contributed by atoms with Gasteiger partial charge in [0.1, 0.15) is 5.84 Å². The lowest BCUT2D eigenvalue weighted by Gasteiger charge is -2.02. The third-order valence-electron chi connectivity index (χ3n) is 1.37. The molecule has 1 N–H and O–H groups in total. The van der Waals surface area contributed by atoms with E-state index in [0.717, 1.165) is 17.8 Å². The molecule has 0 bridgehead atoms. The van der Waals surface area contributed by atoms with Crippen LogP contribution in [-0.4, -0.2) is 5.84 Å². The average molecular weight is 118 g/mol. The largest absolute Gasteiger partial charge is 0.339 e.